The summed E-state index contributed by atoms with van der Waals surface area (Å²) in [5.41, 5.74) is 3.99. The van der Waals surface area contributed by atoms with E-state index in [1.54, 1.807) is 0 Å². The summed E-state index contributed by atoms with van der Waals surface area (Å²) in [4.78, 5) is 15.0. The van der Waals surface area contributed by atoms with Crippen molar-refractivity contribution in [3.8, 4) is 5.75 Å². The van der Waals surface area contributed by atoms with Crippen LogP contribution >= 0.6 is 11.6 Å². The Hall–Kier alpha value is -3.04. The molecule has 0 saturated carbocycles. The molecule has 0 saturated heterocycles. The number of para-hydroxylation sites is 1. The van der Waals surface area contributed by atoms with Crippen LogP contribution in [0.15, 0.2) is 84.9 Å². The normalized spacial score (nSPS) is 13.7. The number of hydrogen-bond donors (Lipinski definition) is 0. The first kappa shape index (κ1) is 19.3. The maximum absolute atomic E-state index is 13.1. The number of benzene rings is 3. The Kier molecular flexibility index (Phi) is 5.97. The van der Waals surface area contributed by atoms with Gasteiger partial charge in [0.15, 0.2) is 0 Å². The molecule has 1 aliphatic rings. The minimum atomic E-state index is -0.0110. The third-order valence-corrected chi connectivity index (χ3v) is 5.47. The van der Waals surface area contributed by atoms with Crippen molar-refractivity contribution in [3.05, 3.63) is 107 Å². The Balaban J connectivity index is 1.47. The molecule has 0 bridgehead atoms. The van der Waals surface area contributed by atoms with Gasteiger partial charge in [-0.2, -0.15) is 0 Å². The third-order valence-electron chi connectivity index (χ3n) is 5.10. The molecule has 0 atom stereocenters. The smallest absolute Gasteiger partial charge is 0.257 e. The Labute approximate surface area is 176 Å². The lowest BCUT2D eigenvalue weighted by molar-refractivity contribution is 0.0768. The highest BCUT2D eigenvalue weighted by Crippen LogP contribution is 2.26. The Morgan fingerprint density at radius 3 is 2.41 bits per heavy atom. The minimum absolute atomic E-state index is 0.0110. The van der Waals surface area contributed by atoms with Crippen LogP contribution < -0.4 is 4.74 Å². The lowest BCUT2D eigenvalue weighted by atomic mass is 9.99. The molecular formula is C25H22ClNO2. The number of hydrogen-bond acceptors (Lipinski definition) is 2. The summed E-state index contributed by atoms with van der Waals surface area (Å²) in [7, 11) is 0. The number of amides is 1. The zero-order valence-corrected chi connectivity index (χ0v) is 16.8. The van der Waals surface area contributed by atoms with Crippen LogP contribution in [0.5, 0.6) is 5.75 Å². The topological polar surface area (TPSA) is 29.5 Å². The highest BCUT2D eigenvalue weighted by atomic mass is 35.5. The van der Waals surface area contributed by atoms with Crippen LogP contribution in [0.4, 0.5) is 0 Å². The van der Waals surface area contributed by atoms with E-state index in [-0.39, 0.29) is 5.91 Å². The van der Waals surface area contributed by atoms with Gasteiger partial charge in [0.25, 0.3) is 5.91 Å². The van der Waals surface area contributed by atoms with Crippen molar-refractivity contribution < 1.29 is 9.53 Å². The molecule has 29 heavy (non-hydrogen) atoms. The third kappa shape index (κ3) is 4.52. The van der Waals surface area contributed by atoms with E-state index in [0.29, 0.717) is 36.0 Å². The number of halogens is 1. The first-order valence-electron chi connectivity index (χ1n) is 9.71. The van der Waals surface area contributed by atoms with Gasteiger partial charge in [-0.1, -0.05) is 78.3 Å². The van der Waals surface area contributed by atoms with Gasteiger partial charge >= 0.3 is 0 Å². The van der Waals surface area contributed by atoms with Crippen molar-refractivity contribution in [2.75, 3.05) is 13.1 Å². The summed E-state index contributed by atoms with van der Waals surface area (Å²) >= 11 is 6.22. The van der Waals surface area contributed by atoms with E-state index in [9.17, 15) is 4.79 Å². The molecule has 0 radical (unpaired) electrons. The summed E-state index contributed by atoms with van der Waals surface area (Å²) in [5, 5.41) is 0.658. The molecular weight excluding hydrogens is 382 g/mol. The quantitative estimate of drug-likeness (QED) is 0.534. The molecule has 0 N–H and O–H groups in total. The molecule has 4 rings (SSSR count). The van der Waals surface area contributed by atoms with Crippen LogP contribution in [0.3, 0.4) is 0 Å². The van der Waals surface area contributed by atoms with E-state index in [2.05, 4.69) is 18.2 Å². The van der Waals surface area contributed by atoms with Crippen LogP contribution in [0.25, 0.3) is 5.57 Å². The van der Waals surface area contributed by atoms with Crippen LogP contribution in [0.1, 0.15) is 27.9 Å². The molecule has 4 heteroatoms. The van der Waals surface area contributed by atoms with Gasteiger partial charge < -0.3 is 9.64 Å². The summed E-state index contributed by atoms with van der Waals surface area (Å²) in [6.07, 6.45) is 2.99. The standard InChI is InChI=1S/C25H22ClNO2/c26-23-12-6-4-10-21(23)18-29-24-13-7-5-11-22(24)25(28)27-16-14-20(15-17-27)19-8-2-1-3-9-19/h1-14H,15-18H2. The lowest BCUT2D eigenvalue weighted by Crippen LogP contribution is -2.34. The maximum Gasteiger partial charge on any atom is 0.257 e. The predicted molar refractivity (Wildman–Crippen MR) is 117 cm³/mol. The van der Waals surface area contributed by atoms with Gasteiger partial charge in [0.1, 0.15) is 12.4 Å². The fourth-order valence-electron chi connectivity index (χ4n) is 3.48. The van der Waals surface area contributed by atoms with E-state index >= 15 is 0 Å². The molecule has 1 amide bonds. The molecule has 0 fully saturated rings. The average Bonchev–Trinajstić information content (AvgIpc) is 2.79. The van der Waals surface area contributed by atoms with Gasteiger partial charge in [-0.05, 0) is 35.8 Å². The Bertz CT molecular complexity index is 1030. The van der Waals surface area contributed by atoms with Crippen molar-refractivity contribution in [3.63, 3.8) is 0 Å². The fourth-order valence-corrected chi connectivity index (χ4v) is 3.67. The predicted octanol–water partition coefficient (Wildman–Crippen LogP) is 5.85. The molecule has 0 aliphatic carbocycles. The molecule has 0 aromatic heterocycles. The summed E-state index contributed by atoms with van der Waals surface area (Å²) in [6, 6.07) is 25.3. The van der Waals surface area contributed by atoms with Crippen LogP contribution in [-0.4, -0.2) is 23.9 Å². The fraction of sp³-hybridized carbons (Fsp3) is 0.160. The van der Waals surface area contributed by atoms with Gasteiger partial charge in [-0.3, -0.25) is 4.79 Å². The largest absolute Gasteiger partial charge is 0.488 e. The number of carbonyl (C=O) groups is 1. The van der Waals surface area contributed by atoms with Gasteiger partial charge in [-0.15, -0.1) is 0 Å². The molecule has 146 valence electrons. The van der Waals surface area contributed by atoms with E-state index in [0.717, 1.165) is 12.0 Å². The molecule has 0 unspecified atom stereocenters. The zero-order chi connectivity index (χ0) is 20.1. The van der Waals surface area contributed by atoms with Crippen molar-refractivity contribution in [2.24, 2.45) is 0 Å². The first-order chi connectivity index (χ1) is 14.2. The molecule has 1 aliphatic heterocycles. The Morgan fingerprint density at radius 2 is 1.66 bits per heavy atom. The SMILES string of the molecule is O=C(c1ccccc1OCc1ccccc1Cl)N1CC=C(c2ccccc2)CC1. The van der Waals surface area contributed by atoms with Gasteiger partial charge in [0.2, 0.25) is 0 Å². The number of nitrogens with zero attached hydrogens (tertiary/aromatic N) is 1. The van der Waals surface area contributed by atoms with E-state index in [4.69, 9.17) is 16.3 Å². The second-order valence-electron chi connectivity index (χ2n) is 6.97. The highest BCUT2D eigenvalue weighted by molar-refractivity contribution is 6.31. The van der Waals surface area contributed by atoms with Crippen molar-refractivity contribution >= 4 is 23.1 Å². The van der Waals surface area contributed by atoms with E-state index in [1.165, 1.54) is 11.1 Å². The van der Waals surface area contributed by atoms with Gasteiger partial charge in [-0.25, -0.2) is 0 Å². The first-order valence-corrected chi connectivity index (χ1v) is 10.1. The summed E-state index contributed by atoms with van der Waals surface area (Å²) < 4.78 is 5.96. The highest BCUT2D eigenvalue weighted by Gasteiger charge is 2.22. The number of carbonyl (C=O) groups excluding carboxylic acids is 1. The van der Waals surface area contributed by atoms with Crippen LogP contribution in [0, 0.1) is 0 Å². The second-order valence-corrected chi connectivity index (χ2v) is 7.38. The number of rotatable bonds is 5. The number of ether oxygens (including phenoxy) is 1. The zero-order valence-electron chi connectivity index (χ0n) is 16.1. The van der Waals surface area contributed by atoms with Crippen LogP contribution in [-0.2, 0) is 6.61 Å². The summed E-state index contributed by atoms with van der Waals surface area (Å²) in [5.74, 6) is 0.568. The van der Waals surface area contributed by atoms with E-state index < -0.39 is 0 Å². The van der Waals surface area contributed by atoms with Gasteiger partial charge in [0, 0.05) is 23.7 Å². The molecule has 3 nitrogen and oxygen atoms in total. The monoisotopic (exact) mass is 403 g/mol. The molecule has 0 spiro atoms. The van der Waals surface area contributed by atoms with Crippen molar-refractivity contribution in [1.82, 2.24) is 4.90 Å². The minimum Gasteiger partial charge on any atom is -0.488 e. The van der Waals surface area contributed by atoms with Crippen molar-refractivity contribution in [1.29, 1.82) is 0 Å². The molecule has 3 aromatic rings. The average molecular weight is 404 g/mol. The van der Waals surface area contributed by atoms with Crippen molar-refractivity contribution in [2.45, 2.75) is 13.0 Å². The molecule has 1 heterocycles. The Morgan fingerprint density at radius 1 is 0.931 bits per heavy atom. The second kappa shape index (κ2) is 8.97. The molecule has 3 aromatic carbocycles. The maximum atomic E-state index is 13.1. The van der Waals surface area contributed by atoms with Crippen LogP contribution in [0.2, 0.25) is 5.02 Å². The van der Waals surface area contributed by atoms with E-state index in [1.807, 2.05) is 71.6 Å². The van der Waals surface area contributed by atoms with Gasteiger partial charge in [0.05, 0.1) is 5.56 Å². The summed E-state index contributed by atoms with van der Waals surface area (Å²) in [6.45, 7) is 1.61. The lowest BCUT2D eigenvalue weighted by Gasteiger charge is -2.27.